The number of rotatable bonds is 7. The van der Waals surface area contributed by atoms with Gasteiger partial charge in [-0.05, 0) is 42.2 Å². The van der Waals surface area contributed by atoms with Crippen LogP contribution in [0.1, 0.15) is 36.2 Å². The van der Waals surface area contributed by atoms with Gasteiger partial charge in [-0.3, -0.25) is 14.5 Å². The molecule has 1 heterocycles. The molecule has 1 fully saturated rings. The summed E-state index contributed by atoms with van der Waals surface area (Å²) in [4.78, 5) is 27.7. The van der Waals surface area contributed by atoms with Crippen molar-refractivity contribution in [2.45, 2.75) is 38.9 Å². The van der Waals surface area contributed by atoms with Gasteiger partial charge in [0.2, 0.25) is 5.91 Å². The average molecular weight is 414 g/mol. The normalized spacial score (nSPS) is 17.9. The number of halogens is 1. The highest BCUT2D eigenvalue weighted by Crippen LogP contribution is 2.15. The number of hydrogen-bond donors (Lipinski definition) is 2. The summed E-state index contributed by atoms with van der Waals surface area (Å²) in [6.07, 6.45) is 0.911. The van der Waals surface area contributed by atoms with Crippen molar-refractivity contribution in [3.8, 4) is 0 Å². The molecular weight excluding hydrogens is 386 g/mol. The summed E-state index contributed by atoms with van der Waals surface area (Å²) in [5.41, 5.74) is 1.76. The Morgan fingerprint density at radius 1 is 1.10 bits per heavy atom. The monoisotopic (exact) mass is 413 g/mol. The van der Waals surface area contributed by atoms with Crippen molar-refractivity contribution in [2.75, 3.05) is 13.1 Å². The highest BCUT2D eigenvalue weighted by molar-refractivity contribution is 6.30. The van der Waals surface area contributed by atoms with Crippen LogP contribution in [0.5, 0.6) is 0 Å². The summed E-state index contributed by atoms with van der Waals surface area (Å²) in [6, 6.07) is 16.5. The second-order valence-corrected chi connectivity index (χ2v) is 8.35. The first kappa shape index (κ1) is 21.3. The largest absolute Gasteiger partial charge is 0.350 e. The molecule has 2 unspecified atom stereocenters. The van der Waals surface area contributed by atoms with Crippen molar-refractivity contribution >= 4 is 23.4 Å². The molecule has 1 aliphatic heterocycles. The quantitative estimate of drug-likeness (QED) is 0.730. The van der Waals surface area contributed by atoms with E-state index in [-0.39, 0.29) is 23.8 Å². The van der Waals surface area contributed by atoms with Gasteiger partial charge in [0.05, 0.1) is 0 Å². The van der Waals surface area contributed by atoms with Gasteiger partial charge in [-0.15, -0.1) is 0 Å². The topological polar surface area (TPSA) is 61.4 Å². The van der Waals surface area contributed by atoms with E-state index in [1.165, 1.54) is 5.56 Å². The molecule has 2 amide bonds. The predicted octanol–water partition coefficient (Wildman–Crippen LogP) is 3.49. The van der Waals surface area contributed by atoms with E-state index < -0.39 is 6.04 Å². The average Bonchev–Trinajstić information content (AvgIpc) is 3.13. The SMILES string of the molecule is CC(C)C(NC(=O)c1ccc(Cl)cc1)C(=O)NC1CCN(Cc2ccccc2)C1. The number of amides is 2. The van der Waals surface area contributed by atoms with E-state index >= 15 is 0 Å². The van der Waals surface area contributed by atoms with Crippen LogP contribution in [0.4, 0.5) is 0 Å². The lowest BCUT2D eigenvalue weighted by Gasteiger charge is -2.24. The van der Waals surface area contributed by atoms with Crippen LogP contribution in [0.2, 0.25) is 5.02 Å². The van der Waals surface area contributed by atoms with E-state index in [9.17, 15) is 9.59 Å². The van der Waals surface area contributed by atoms with Gasteiger partial charge in [0.15, 0.2) is 0 Å². The lowest BCUT2D eigenvalue weighted by Crippen LogP contribution is -2.52. The number of benzene rings is 2. The van der Waals surface area contributed by atoms with E-state index in [2.05, 4.69) is 27.7 Å². The number of carbonyl (C=O) groups excluding carboxylic acids is 2. The fourth-order valence-electron chi connectivity index (χ4n) is 3.59. The van der Waals surface area contributed by atoms with Crippen molar-refractivity contribution in [1.29, 1.82) is 0 Å². The molecule has 0 spiro atoms. The first-order valence-electron chi connectivity index (χ1n) is 10.1. The molecule has 3 rings (SSSR count). The third-order valence-electron chi connectivity index (χ3n) is 5.21. The summed E-state index contributed by atoms with van der Waals surface area (Å²) < 4.78 is 0. The fourth-order valence-corrected chi connectivity index (χ4v) is 3.71. The number of nitrogens with one attached hydrogen (secondary N) is 2. The maximum atomic E-state index is 12.9. The lowest BCUT2D eigenvalue weighted by molar-refractivity contribution is -0.124. The number of carbonyl (C=O) groups is 2. The first-order chi connectivity index (χ1) is 13.9. The van der Waals surface area contributed by atoms with Crippen LogP contribution in [0.3, 0.4) is 0 Å². The fraction of sp³-hybridized carbons (Fsp3) is 0.391. The third kappa shape index (κ3) is 6.05. The van der Waals surface area contributed by atoms with Crippen LogP contribution in [-0.2, 0) is 11.3 Å². The zero-order chi connectivity index (χ0) is 20.8. The Kier molecular flexibility index (Phi) is 7.29. The molecular formula is C23H28ClN3O2. The molecule has 0 radical (unpaired) electrons. The molecule has 0 aliphatic carbocycles. The lowest BCUT2D eigenvalue weighted by atomic mass is 10.0. The maximum Gasteiger partial charge on any atom is 0.251 e. The summed E-state index contributed by atoms with van der Waals surface area (Å²) in [7, 11) is 0. The Morgan fingerprint density at radius 3 is 2.45 bits per heavy atom. The summed E-state index contributed by atoms with van der Waals surface area (Å²) in [6.45, 7) is 6.51. The van der Waals surface area contributed by atoms with Crippen LogP contribution in [0.15, 0.2) is 54.6 Å². The van der Waals surface area contributed by atoms with Gasteiger partial charge >= 0.3 is 0 Å². The minimum Gasteiger partial charge on any atom is -0.350 e. The van der Waals surface area contributed by atoms with Gasteiger partial charge in [0, 0.05) is 36.3 Å². The van der Waals surface area contributed by atoms with Gasteiger partial charge in [-0.2, -0.15) is 0 Å². The summed E-state index contributed by atoms with van der Waals surface area (Å²) >= 11 is 5.88. The van der Waals surface area contributed by atoms with Gasteiger partial charge in [-0.1, -0.05) is 55.8 Å². The number of hydrogen-bond acceptors (Lipinski definition) is 3. The highest BCUT2D eigenvalue weighted by atomic mass is 35.5. The molecule has 2 N–H and O–H groups in total. The molecule has 2 aromatic rings. The Labute approximate surface area is 177 Å². The molecule has 154 valence electrons. The number of nitrogens with zero attached hydrogens (tertiary/aromatic N) is 1. The van der Waals surface area contributed by atoms with Crippen molar-refractivity contribution in [3.63, 3.8) is 0 Å². The van der Waals surface area contributed by atoms with E-state index in [0.29, 0.717) is 10.6 Å². The van der Waals surface area contributed by atoms with Gasteiger partial charge in [0.25, 0.3) is 5.91 Å². The minimum atomic E-state index is -0.582. The Morgan fingerprint density at radius 2 is 1.79 bits per heavy atom. The minimum absolute atomic E-state index is 0.0203. The molecule has 0 bridgehead atoms. The predicted molar refractivity (Wildman–Crippen MR) is 116 cm³/mol. The van der Waals surface area contributed by atoms with Crippen LogP contribution in [0.25, 0.3) is 0 Å². The molecule has 2 atom stereocenters. The Balaban J connectivity index is 1.54. The molecule has 5 nitrogen and oxygen atoms in total. The smallest absolute Gasteiger partial charge is 0.251 e. The standard InChI is InChI=1S/C23H28ClN3O2/c1-16(2)21(26-22(28)18-8-10-19(24)11-9-18)23(29)25-20-12-13-27(15-20)14-17-6-4-3-5-7-17/h3-11,16,20-21H,12-15H2,1-2H3,(H,25,29)(H,26,28). The summed E-state index contributed by atoms with van der Waals surface area (Å²) in [5.74, 6) is -0.422. The molecule has 29 heavy (non-hydrogen) atoms. The van der Waals surface area contributed by atoms with Crippen molar-refractivity contribution in [2.24, 2.45) is 5.92 Å². The third-order valence-corrected chi connectivity index (χ3v) is 5.46. The molecule has 1 aliphatic rings. The highest BCUT2D eigenvalue weighted by Gasteiger charge is 2.29. The Bertz CT molecular complexity index is 824. The van der Waals surface area contributed by atoms with E-state index in [1.54, 1.807) is 24.3 Å². The zero-order valence-electron chi connectivity index (χ0n) is 16.9. The second kappa shape index (κ2) is 9.90. The van der Waals surface area contributed by atoms with Gasteiger partial charge in [0.1, 0.15) is 6.04 Å². The number of likely N-dealkylation sites (tertiary alicyclic amines) is 1. The van der Waals surface area contributed by atoms with Crippen molar-refractivity contribution in [3.05, 3.63) is 70.7 Å². The second-order valence-electron chi connectivity index (χ2n) is 7.92. The van der Waals surface area contributed by atoms with Gasteiger partial charge < -0.3 is 10.6 Å². The van der Waals surface area contributed by atoms with Crippen molar-refractivity contribution < 1.29 is 9.59 Å². The van der Waals surface area contributed by atoms with E-state index in [0.717, 1.165) is 26.1 Å². The zero-order valence-corrected chi connectivity index (χ0v) is 17.7. The molecule has 6 heteroatoms. The molecule has 0 aromatic heterocycles. The first-order valence-corrected chi connectivity index (χ1v) is 10.4. The van der Waals surface area contributed by atoms with Crippen LogP contribution >= 0.6 is 11.6 Å². The van der Waals surface area contributed by atoms with E-state index in [4.69, 9.17) is 11.6 Å². The summed E-state index contributed by atoms with van der Waals surface area (Å²) in [5, 5.41) is 6.57. The molecule has 0 saturated carbocycles. The Hall–Kier alpha value is -2.37. The van der Waals surface area contributed by atoms with Crippen molar-refractivity contribution in [1.82, 2.24) is 15.5 Å². The molecule has 2 aromatic carbocycles. The maximum absolute atomic E-state index is 12.9. The van der Waals surface area contributed by atoms with Crippen LogP contribution in [-0.4, -0.2) is 41.9 Å². The van der Waals surface area contributed by atoms with E-state index in [1.807, 2.05) is 32.0 Å². The van der Waals surface area contributed by atoms with Gasteiger partial charge in [-0.25, -0.2) is 0 Å². The van der Waals surface area contributed by atoms with Crippen LogP contribution in [0, 0.1) is 5.92 Å². The van der Waals surface area contributed by atoms with Crippen LogP contribution < -0.4 is 10.6 Å². The molecule has 1 saturated heterocycles.